The summed E-state index contributed by atoms with van der Waals surface area (Å²) in [5.41, 5.74) is -0.287. The second-order valence-corrected chi connectivity index (χ2v) is 6.05. The van der Waals surface area contributed by atoms with E-state index in [0.717, 1.165) is 6.07 Å². The zero-order valence-corrected chi connectivity index (χ0v) is 14.6. The van der Waals surface area contributed by atoms with E-state index in [1.807, 2.05) is 0 Å². The summed E-state index contributed by atoms with van der Waals surface area (Å²) in [5, 5.41) is 18.5. The van der Waals surface area contributed by atoms with Crippen molar-refractivity contribution in [1.82, 2.24) is 9.03 Å². The van der Waals surface area contributed by atoms with Gasteiger partial charge in [-0.15, -0.1) is 22.9 Å². The van der Waals surface area contributed by atoms with Crippen LogP contribution in [0.4, 0.5) is 17.1 Å². The predicted octanol–water partition coefficient (Wildman–Crippen LogP) is 3.08. The third-order valence-electron chi connectivity index (χ3n) is 3.71. The summed E-state index contributed by atoms with van der Waals surface area (Å²) in [6, 6.07) is 3.69. The summed E-state index contributed by atoms with van der Waals surface area (Å²) in [6.07, 6.45) is 0. The van der Waals surface area contributed by atoms with Crippen LogP contribution >= 0.6 is 24.2 Å². The molecule has 0 fully saturated rings. The van der Waals surface area contributed by atoms with Gasteiger partial charge in [0.1, 0.15) is 5.69 Å². The number of halogens is 1. The van der Waals surface area contributed by atoms with Crippen LogP contribution in [0, 0.1) is 24.0 Å². The number of thiol groups is 1. The van der Waals surface area contributed by atoms with Crippen molar-refractivity contribution in [2.24, 2.45) is 10.2 Å². The second kappa shape index (κ2) is 5.97. The van der Waals surface area contributed by atoms with Crippen molar-refractivity contribution in [2.75, 3.05) is 0 Å². The third-order valence-corrected chi connectivity index (χ3v) is 4.53. The summed E-state index contributed by atoms with van der Waals surface area (Å²) >= 11 is 10.0. The van der Waals surface area contributed by atoms with Gasteiger partial charge < -0.3 is 0 Å². The average molecular weight is 380 g/mol. The van der Waals surface area contributed by atoms with E-state index < -0.39 is 16.0 Å². The molecule has 2 heterocycles. The van der Waals surface area contributed by atoms with Gasteiger partial charge in [-0.2, -0.15) is 0 Å². The molecule has 2 aromatic heterocycles. The van der Waals surface area contributed by atoms with Crippen LogP contribution in [-0.4, -0.2) is 14.0 Å². The Kier molecular flexibility index (Phi) is 4.09. The SMILES string of the molecule is Cc1c(N=Nc2ccc([N+](=O)[O-])cc2Cl)c(=O)n2c(C)c(S)c(=O)n12. The molecule has 0 atom stereocenters. The molecule has 3 aromatic rings. The lowest BCUT2D eigenvalue weighted by Gasteiger charge is -1.96. The minimum Gasteiger partial charge on any atom is -0.266 e. The van der Waals surface area contributed by atoms with E-state index in [4.69, 9.17) is 11.6 Å². The zero-order chi connectivity index (χ0) is 18.5. The standard InChI is InChI=1S/C14H10ClN5O4S/c1-6-11(13(21)19-7(2)12(25)14(22)18(6)19)17-16-10-4-3-8(20(23)24)5-9(10)15/h3-5,25H,1-2H3. The first-order chi connectivity index (χ1) is 11.7. The zero-order valence-electron chi connectivity index (χ0n) is 12.9. The van der Waals surface area contributed by atoms with Gasteiger partial charge in [0.15, 0.2) is 5.69 Å². The van der Waals surface area contributed by atoms with Crippen molar-refractivity contribution < 1.29 is 4.92 Å². The highest BCUT2D eigenvalue weighted by molar-refractivity contribution is 7.80. The van der Waals surface area contributed by atoms with Crippen molar-refractivity contribution in [3.05, 3.63) is 65.4 Å². The van der Waals surface area contributed by atoms with E-state index in [2.05, 4.69) is 22.9 Å². The molecule has 9 nitrogen and oxygen atoms in total. The first-order valence-electron chi connectivity index (χ1n) is 6.89. The maximum absolute atomic E-state index is 12.5. The van der Waals surface area contributed by atoms with Gasteiger partial charge in [-0.25, -0.2) is 9.03 Å². The molecule has 0 saturated heterocycles. The molecule has 0 saturated carbocycles. The van der Waals surface area contributed by atoms with Crippen molar-refractivity contribution >= 4 is 41.3 Å². The average Bonchev–Trinajstić information content (AvgIpc) is 2.94. The number of benzene rings is 1. The van der Waals surface area contributed by atoms with Crippen LogP contribution in [0.3, 0.4) is 0 Å². The number of aromatic nitrogens is 2. The number of azo groups is 1. The highest BCUT2D eigenvalue weighted by Crippen LogP contribution is 2.30. The van der Waals surface area contributed by atoms with Crippen LogP contribution in [0.25, 0.3) is 0 Å². The van der Waals surface area contributed by atoms with Crippen LogP contribution < -0.4 is 11.1 Å². The van der Waals surface area contributed by atoms with Gasteiger partial charge in [-0.1, -0.05) is 11.6 Å². The topological polar surface area (TPSA) is 111 Å². The van der Waals surface area contributed by atoms with Crippen LogP contribution in [0.2, 0.25) is 5.02 Å². The summed E-state index contributed by atoms with van der Waals surface area (Å²) in [5.74, 6) is 0. The molecule has 0 amide bonds. The number of fused-ring (bicyclic) bond motifs is 1. The maximum atomic E-state index is 12.5. The fraction of sp³-hybridized carbons (Fsp3) is 0.143. The van der Waals surface area contributed by atoms with E-state index in [9.17, 15) is 19.7 Å². The fourth-order valence-corrected chi connectivity index (χ4v) is 2.81. The molecule has 0 bridgehead atoms. The highest BCUT2D eigenvalue weighted by Gasteiger charge is 2.20. The molecule has 1 aromatic carbocycles. The van der Waals surface area contributed by atoms with Crippen molar-refractivity contribution in [2.45, 2.75) is 18.7 Å². The first-order valence-corrected chi connectivity index (χ1v) is 7.71. The lowest BCUT2D eigenvalue weighted by Crippen LogP contribution is -2.15. The molecular formula is C14H10ClN5O4S. The Labute approximate surface area is 150 Å². The minimum absolute atomic E-state index is 0.0206. The Bertz CT molecular complexity index is 1170. The lowest BCUT2D eigenvalue weighted by molar-refractivity contribution is -0.384. The smallest absolute Gasteiger partial charge is 0.266 e. The Morgan fingerprint density at radius 2 is 1.76 bits per heavy atom. The number of nitrogens with zero attached hydrogens (tertiary/aromatic N) is 5. The quantitative estimate of drug-likeness (QED) is 0.326. The predicted molar refractivity (Wildman–Crippen MR) is 93.6 cm³/mol. The van der Waals surface area contributed by atoms with E-state index >= 15 is 0 Å². The molecule has 0 N–H and O–H groups in total. The number of non-ortho nitro benzene ring substituents is 1. The molecule has 0 radical (unpaired) electrons. The number of rotatable bonds is 3. The van der Waals surface area contributed by atoms with Gasteiger partial charge in [0, 0.05) is 12.1 Å². The summed E-state index contributed by atoms with van der Waals surface area (Å²) in [4.78, 5) is 34.9. The maximum Gasteiger partial charge on any atom is 0.299 e. The largest absolute Gasteiger partial charge is 0.299 e. The molecule has 0 aliphatic carbocycles. The molecule has 11 heteroatoms. The monoisotopic (exact) mass is 379 g/mol. The van der Waals surface area contributed by atoms with Gasteiger partial charge >= 0.3 is 0 Å². The molecule has 0 aliphatic rings. The van der Waals surface area contributed by atoms with E-state index in [1.54, 1.807) is 13.8 Å². The van der Waals surface area contributed by atoms with Crippen molar-refractivity contribution in [3.8, 4) is 0 Å². The molecule has 0 unspecified atom stereocenters. The normalized spacial score (nSPS) is 11.7. The Morgan fingerprint density at radius 3 is 2.32 bits per heavy atom. The molecule has 3 rings (SSSR count). The Hall–Kier alpha value is -2.72. The van der Waals surface area contributed by atoms with Gasteiger partial charge in [-0.3, -0.25) is 19.7 Å². The van der Waals surface area contributed by atoms with E-state index in [1.165, 1.54) is 21.2 Å². The minimum atomic E-state index is -0.586. The fourth-order valence-electron chi connectivity index (χ4n) is 2.41. The van der Waals surface area contributed by atoms with Gasteiger partial charge in [0.05, 0.1) is 26.2 Å². The van der Waals surface area contributed by atoms with E-state index in [0.29, 0.717) is 11.4 Å². The molecular weight excluding hydrogens is 370 g/mol. The van der Waals surface area contributed by atoms with Crippen LogP contribution in [0.1, 0.15) is 11.4 Å². The van der Waals surface area contributed by atoms with E-state index in [-0.39, 0.29) is 27.0 Å². The highest BCUT2D eigenvalue weighted by atomic mass is 35.5. The van der Waals surface area contributed by atoms with Gasteiger partial charge in [0.2, 0.25) is 0 Å². The molecule has 0 spiro atoms. The summed E-state index contributed by atoms with van der Waals surface area (Å²) < 4.78 is 2.34. The lowest BCUT2D eigenvalue weighted by atomic mass is 10.3. The number of hydrogen-bond acceptors (Lipinski definition) is 7. The third kappa shape index (κ3) is 2.59. The number of aryl methyl sites for hydroxylation is 2. The molecule has 128 valence electrons. The van der Waals surface area contributed by atoms with Crippen LogP contribution in [0.5, 0.6) is 0 Å². The van der Waals surface area contributed by atoms with Crippen molar-refractivity contribution in [3.63, 3.8) is 0 Å². The molecule has 0 aliphatic heterocycles. The van der Waals surface area contributed by atoms with Crippen molar-refractivity contribution in [1.29, 1.82) is 0 Å². The molecule has 25 heavy (non-hydrogen) atoms. The summed E-state index contributed by atoms with van der Waals surface area (Å²) in [6.45, 7) is 3.15. The second-order valence-electron chi connectivity index (χ2n) is 5.19. The Balaban J connectivity index is 2.12. The Morgan fingerprint density at radius 1 is 1.12 bits per heavy atom. The van der Waals surface area contributed by atoms with Crippen LogP contribution in [-0.2, 0) is 0 Å². The first kappa shape index (κ1) is 17.1. The van der Waals surface area contributed by atoms with Gasteiger partial charge in [0.25, 0.3) is 16.8 Å². The van der Waals surface area contributed by atoms with Gasteiger partial charge in [-0.05, 0) is 19.9 Å². The number of nitro benzene ring substituents is 1. The number of nitro groups is 1. The number of hydrogen-bond donors (Lipinski definition) is 1. The summed E-state index contributed by atoms with van der Waals surface area (Å²) in [7, 11) is 0. The van der Waals surface area contributed by atoms with Crippen LogP contribution in [0.15, 0.2) is 42.9 Å².